The van der Waals surface area contributed by atoms with Gasteiger partial charge in [0.2, 0.25) is 0 Å². The summed E-state index contributed by atoms with van der Waals surface area (Å²) >= 11 is 0. The number of halogens is 1. The summed E-state index contributed by atoms with van der Waals surface area (Å²) < 4.78 is 32.6. The Bertz CT molecular complexity index is 1570. The molecule has 0 saturated carbocycles. The second-order valence-corrected chi connectivity index (χ2v) is 10.2. The van der Waals surface area contributed by atoms with Crippen LogP contribution < -0.4 is 10.1 Å². The zero-order valence-corrected chi connectivity index (χ0v) is 21.0. The molecule has 4 aromatic rings. The van der Waals surface area contributed by atoms with Crippen molar-refractivity contribution in [2.24, 2.45) is 0 Å². The van der Waals surface area contributed by atoms with Gasteiger partial charge < -0.3 is 24.1 Å². The van der Waals surface area contributed by atoms with Crippen molar-refractivity contribution in [3.05, 3.63) is 59.1 Å². The average molecular weight is 507 g/mol. The van der Waals surface area contributed by atoms with Crippen molar-refractivity contribution in [3.8, 4) is 11.5 Å². The number of carbonyl (C=O) groups excluding carboxylic acids is 2. The summed E-state index contributed by atoms with van der Waals surface area (Å²) in [6.45, 7) is 8.28. The summed E-state index contributed by atoms with van der Waals surface area (Å²) in [7, 11) is 0. The van der Waals surface area contributed by atoms with Crippen molar-refractivity contribution >= 4 is 28.3 Å². The number of hydrogen-bond acceptors (Lipinski definition) is 6. The molecule has 0 radical (unpaired) electrons. The van der Waals surface area contributed by atoms with Gasteiger partial charge in [-0.25, -0.2) is 8.91 Å². The largest absolute Gasteiger partial charge is 0.460 e. The maximum Gasteiger partial charge on any atom is 0.256 e. The fraction of sp³-hybridized carbons (Fsp3) is 0.370. The molecule has 2 saturated heterocycles. The van der Waals surface area contributed by atoms with Crippen molar-refractivity contribution in [3.63, 3.8) is 0 Å². The number of aryl methyl sites for hydroxylation is 2. The number of alkyl halides is 1. The second-order valence-electron chi connectivity index (χ2n) is 10.2. The average Bonchev–Trinajstić information content (AvgIpc) is 3.37. The van der Waals surface area contributed by atoms with Crippen molar-refractivity contribution in [2.75, 3.05) is 19.8 Å². The Morgan fingerprint density at radius 1 is 1.24 bits per heavy atom. The Morgan fingerprint density at radius 2 is 2.03 bits per heavy atom. The lowest BCUT2D eigenvalue weighted by Gasteiger charge is -2.41. The Labute approximate surface area is 212 Å². The highest BCUT2D eigenvalue weighted by Crippen LogP contribution is 2.35. The molecule has 192 valence electrons. The first-order valence-corrected chi connectivity index (χ1v) is 12.2. The van der Waals surface area contributed by atoms with Crippen molar-refractivity contribution < 1.29 is 27.9 Å². The summed E-state index contributed by atoms with van der Waals surface area (Å²) in [5, 5.41) is 8.04. The number of nitrogens with one attached hydrogen (secondary N) is 1. The molecule has 3 aromatic heterocycles. The highest BCUT2D eigenvalue weighted by molar-refractivity contribution is 6.07. The number of rotatable bonds is 5. The molecule has 10 heteroatoms. The van der Waals surface area contributed by atoms with Crippen LogP contribution in [0.5, 0.6) is 11.5 Å². The lowest BCUT2D eigenvalue weighted by atomic mass is 9.99. The van der Waals surface area contributed by atoms with E-state index in [2.05, 4.69) is 10.4 Å². The Hall–Kier alpha value is -3.92. The molecule has 9 nitrogen and oxygen atoms in total. The van der Waals surface area contributed by atoms with Gasteiger partial charge in [-0.3, -0.25) is 9.59 Å². The minimum absolute atomic E-state index is 0.0953. The third-order valence-corrected chi connectivity index (χ3v) is 7.32. The molecule has 2 atom stereocenters. The van der Waals surface area contributed by atoms with Crippen LogP contribution in [0.3, 0.4) is 0 Å². The topological polar surface area (TPSA) is 98.3 Å². The zero-order valence-electron chi connectivity index (χ0n) is 21.0. The molecule has 2 aliphatic heterocycles. The predicted molar refractivity (Wildman–Crippen MR) is 133 cm³/mol. The highest BCUT2D eigenvalue weighted by Gasteiger charge is 2.40. The molecule has 37 heavy (non-hydrogen) atoms. The van der Waals surface area contributed by atoms with Crippen molar-refractivity contribution in [1.29, 1.82) is 0 Å². The van der Waals surface area contributed by atoms with Gasteiger partial charge in [-0.2, -0.15) is 5.10 Å². The van der Waals surface area contributed by atoms with Crippen LogP contribution in [0, 0.1) is 13.8 Å². The molecule has 0 spiro atoms. The Balaban J connectivity index is 1.30. The molecule has 2 aliphatic rings. The molecule has 0 bridgehead atoms. The summed E-state index contributed by atoms with van der Waals surface area (Å²) in [5.41, 5.74) is 2.44. The van der Waals surface area contributed by atoms with Gasteiger partial charge in [0.1, 0.15) is 28.8 Å². The first-order valence-electron chi connectivity index (χ1n) is 12.2. The number of ether oxygens (including phenoxy) is 2. The van der Waals surface area contributed by atoms with E-state index in [1.807, 2.05) is 13.8 Å². The third kappa shape index (κ3) is 3.74. The number of amides is 2. The smallest absolute Gasteiger partial charge is 0.256 e. The molecule has 1 aromatic carbocycles. The molecular weight excluding hydrogens is 479 g/mol. The minimum Gasteiger partial charge on any atom is -0.460 e. The van der Waals surface area contributed by atoms with Gasteiger partial charge >= 0.3 is 0 Å². The molecule has 0 aliphatic carbocycles. The molecule has 0 unspecified atom stereocenters. The lowest BCUT2D eigenvalue weighted by molar-refractivity contribution is -0.0593. The van der Waals surface area contributed by atoms with Crippen LogP contribution in [0.25, 0.3) is 16.5 Å². The van der Waals surface area contributed by atoms with Crippen LogP contribution in [-0.2, 0) is 4.74 Å². The number of aromatic nitrogens is 2. The second kappa shape index (κ2) is 8.31. The zero-order chi connectivity index (χ0) is 26.1. The first-order chi connectivity index (χ1) is 17.6. The van der Waals surface area contributed by atoms with E-state index in [4.69, 9.17) is 13.9 Å². The Kier molecular flexibility index (Phi) is 5.27. The van der Waals surface area contributed by atoms with Gasteiger partial charge in [-0.05, 0) is 45.4 Å². The van der Waals surface area contributed by atoms with E-state index in [9.17, 15) is 14.0 Å². The van der Waals surface area contributed by atoms with Crippen LogP contribution in [0.1, 0.15) is 45.9 Å². The molecule has 2 amide bonds. The fourth-order valence-electron chi connectivity index (χ4n) is 5.00. The monoisotopic (exact) mass is 506 g/mol. The van der Waals surface area contributed by atoms with Crippen LogP contribution >= 0.6 is 0 Å². The first kappa shape index (κ1) is 23.5. The van der Waals surface area contributed by atoms with Gasteiger partial charge in [0.05, 0.1) is 48.7 Å². The summed E-state index contributed by atoms with van der Waals surface area (Å²) in [6, 6.07) is 6.58. The quantitative estimate of drug-likeness (QED) is 0.436. The molecular formula is C27H27FN4O5. The minimum atomic E-state index is -1.000. The van der Waals surface area contributed by atoms with Crippen molar-refractivity contribution in [2.45, 2.75) is 45.4 Å². The van der Waals surface area contributed by atoms with E-state index in [0.717, 1.165) is 0 Å². The normalized spacial score (nSPS) is 20.5. The van der Waals surface area contributed by atoms with Gasteiger partial charge in [0.15, 0.2) is 5.75 Å². The molecule has 1 N–H and O–H groups in total. The Morgan fingerprint density at radius 3 is 2.70 bits per heavy atom. The third-order valence-electron chi connectivity index (χ3n) is 7.32. The number of benzene rings is 1. The standard InChI is InChI=1S/C27H27FN4O5/c1-14-19(26(34)31-11-20(28)15(31)2)10-32-24(14)21(7-8-29-32)37-17-5-6-18-22(9-17)36-16(3)23(18)25(33)30-27(4)12-35-13-27/h5-10,15,20H,11-13H2,1-4H3,(H,30,33)/t15-,20+/m1/s1. The maximum absolute atomic E-state index is 13.7. The number of nitrogens with zero attached hydrogens (tertiary/aromatic N) is 3. The fourth-order valence-corrected chi connectivity index (χ4v) is 5.00. The van der Waals surface area contributed by atoms with E-state index in [1.165, 1.54) is 4.90 Å². The van der Waals surface area contributed by atoms with E-state index < -0.39 is 12.2 Å². The summed E-state index contributed by atoms with van der Waals surface area (Å²) in [6.07, 6.45) is 2.23. The number of likely N-dealkylation sites (tertiary alicyclic amines) is 1. The lowest BCUT2D eigenvalue weighted by Crippen LogP contribution is -2.59. The number of furan rings is 1. The van der Waals surface area contributed by atoms with E-state index in [-0.39, 0.29) is 23.9 Å². The van der Waals surface area contributed by atoms with E-state index in [1.54, 1.807) is 55.0 Å². The van der Waals surface area contributed by atoms with Crippen molar-refractivity contribution in [1.82, 2.24) is 19.8 Å². The van der Waals surface area contributed by atoms with Crippen LogP contribution in [-0.4, -0.2) is 63.8 Å². The molecule has 6 rings (SSSR count). The van der Waals surface area contributed by atoms with Gasteiger partial charge in [-0.15, -0.1) is 0 Å². The number of carbonyl (C=O) groups is 2. The van der Waals surface area contributed by atoms with Gasteiger partial charge in [0.25, 0.3) is 11.8 Å². The van der Waals surface area contributed by atoms with E-state index >= 15 is 0 Å². The number of hydrogen-bond donors (Lipinski definition) is 1. The molecule has 5 heterocycles. The summed E-state index contributed by atoms with van der Waals surface area (Å²) in [4.78, 5) is 27.5. The SMILES string of the molecule is Cc1oc2cc(Oc3ccnn4cc(C(=O)N5C[C@H](F)[C@H]5C)c(C)c34)ccc2c1C(=O)NC1(C)COC1. The van der Waals surface area contributed by atoms with E-state index in [0.29, 0.717) is 63.6 Å². The summed E-state index contributed by atoms with van der Waals surface area (Å²) in [5.74, 6) is 1.09. The van der Waals surface area contributed by atoms with Crippen LogP contribution in [0.15, 0.2) is 41.1 Å². The van der Waals surface area contributed by atoms with Crippen LogP contribution in [0.2, 0.25) is 0 Å². The maximum atomic E-state index is 13.7. The van der Waals surface area contributed by atoms with Gasteiger partial charge in [-0.1, -0.05) is 0 Å². The number of fused-ring (bicyclic) bond motifs is 2. The molecule has 2 fully saturated rings. The highest BCUT2D eigenvalue weighted by atomic mass is 19.1. The predicted octanol–water partition coefficient (Wildman–Crippen LogP) is 4.19. The van der Waals surface area contributed by atoms with Gasteiger partial charge in [0, 0.05) is 23.7 Å². The van der Waals surface area contributed by atoms with Crippen LogP contribution in [0.4, 0.5) is 4.39 Å².